The van der Waals surface area contributed by atoms with Crippen molar-refractivity contribution in [3.05, 3.63) is 60.2 Å². The van der Waals surface area contributed by atoms with Crippen LogP contribution in [0.25, 0.3) is 11.1 Å². The monoisotopic (exact) mass is 336 g/mol. The Morgan fingerprint density at radius 2 is 1.72 bits per heavy atom. The van der Waals surface area contributed by atoms with Crippen molar-refractivity contribution in [3.8, 4) is 11.1 Å². The van der Waals surface area contributed by atoms with E-state index in [1.807, 2.05) is 37.3 Å². The molecule has 0 radical (unpaired) electrons. The topological polar surface area (TPSA) is 49.4 Å². The zero-order chi connectivity index (χ0) is 17.6. The van der Waals surface area contributed by atoms with Crippen LogP contribution >= 0.6 is 0 Å². The normalized spacial score (nSPS) is 15.7. The molecule has 0 bridgehead atoms. The molecule has 1 heterocycles. The molecular weight excluding hydrogens is 312 g/mol. The molecule has 2 aromatic carbocycles. The minimum Gasteiger partial charge on any atom is -0.348 e. The van der Waals surface area contributed by atoms with Crippen LogP contribution in [0.3, 0.4) is 0 Å². The van der Waals surface area contributed by atoms with Crippen molar-refractivity contribution >= 4 is 11.8 Å². The highest BCUT2D eigenvalue weighted by atomic mass is 16.2. The summed E-state index contributed by atoms with van der Waals surface area (Å²) in [6.45, 7) is 2.81. The van der Waals surface area contributed by atoms with Gasteiger partial charge in [0.05, 0.1) is 12.6 Å². The molecule has 1 saturated heterocycles. The molecule has 2 amide bonds. The summed E-state index contributed by atoms with van der Waals surface area (Å²) in [6.07, 6.45) is 2.47. The Bertz CT molecular complexity index is 725. The lowest BCUT2D eigenvalue weighted by atomic mass is 10.0. The van der Waals surface area contributed by atoms with Gasteiger partial charge in [-0.2, -0.15) is 0 Å². The van der Waals surface area contributed by atoms with Crippen molar-refractivity contribution in [1.82, 2.24) is 10.2 Å². The maximum atomic E-state index is 12.2. The lowest BCUT2D eigenvalue weighted by molar-refractivity contribution is -0.138. The van der Waals surface area contributed by atoms with Crippen LogP contribution in [0.5, 0.6) is 0 Å². The lowest BCUT2D eigenvalue weighted by Crippen LogP contribution is -2.43. The van der Waals surface area contributed by atoms with E-state index in [0.29, 0.717) is 13.0 Å². The predicted molar refractivity (Wildman–Crippen MR) is 98.9 cm³/mol. The predicted octanol–water partition coefficient (Wildman–Crippen LogP) is 3.54. The molecular formula is C21H24N2O2. The summed E-state index contributed by atoms with van der Waals surface area (Å²) in [4.78, 5) is 25.7. The van der Waals surface area contributed by atoms with E-state index in [0.717, 1.165) is 24.0 Å². The molecule has 3 rings (SSSR count). The van der Waals surface area contributed by atoms with Gasteiger partial charge in [0.1, 0.15) is 0 Å². The van der Waals surface area contributed by atoms with E-state index in [-0.39, 0.29) is 24.4 Å². The van der Waals surface area contributed by atoms with E-state index < -0.39 is 0 Å². The first-order valence-corrected chi connectivity index (χ1v) is 8.86. The van der Waals surface area contributed by atoms with Crippen molar-refractivity contribution < 1.29 is 9.59 Å². The summed E-state index contributed by atoms with van der Waals surface area (Å²) in [5.74, 6) is -0.0175. The number of carbonyl (C=O) groups is 2. The second-order valence-corrected chi connectivity index (χ2v) is 6.55. The number of nitrogens with zero attached hydrogens (tertiary/aromatic N) is 1. The summed E-state index contributed by atoms with van der Waals surface area (Å²) in [6, 6.07) is 18.3. The Hall–Kier alpha value is -2.62. The number of nitrogens with one attached hydrogen (secondary N) is 1. The van der Waals surface area contributed by atoms with Crippen LogP contribution in [-0.2, 0) is 9.59 Å². The number of likely N-dealkylation sites (tertiary alicyclic amines) is 1. The number of hydrogen-bond acceptors (Lipinski definition) is 2. The number of rotatable bonds is 5. The van der Waals surface area contributed by atoms with Crippen molar-refractivity contribution in [2.45, 2.75) is 32.2 Å². The van der Waals surface area contributed by atoms with Gasteiger partial charge in [0.15, 0.2) is 0 Å². The van der Waals surface area contributed by atoms with E-state index in [2.05, 4.69) is 29.6 Å². The summed E-state index contributed by atoms with van der Waals surface area (Å²) >= 11 is 0. The zero-order valence-electron chi connectivity index (χ0n) is 14.6. The summed E-state index contributed by atoms with van der Waals surface area (Å²) in [7, 11) is 0. The fourth-order valence-corrected chi connectivity index (χ4v) is 3.17. The molecule has 2 aromatic rings. The van der Waals surface area contributed by atoms with Gasteiger partial charge >= 0.3 is 0 Å². The Morgan fingerprint density at radius 3 is 2.40 bits per heavy atom. The van der Waals surface area contributed by atoms with Gasteiger partial charge in [-0.15, -0.1) is 0 Å². The summed E-state index contributed by atoms with van der Waals surface area (Å²) < 4.78 is 0. The Balaban J connectivity index is 1.58. The average Bonchev–Trinajstić information content (AvgIpc) is 2.64. The minimum absolute atomic E-state index is 0.0845. The minimum atomic E-state index is -0.102. The maximum Gasteiger partial charge on any atom is 0.240 e. The molecule has 4 nitrogen and oxygen atoms in total. The molecule has 1 N–H and O–H groups in total. The van der Waals surface area contributed by atoms with E-state index in [1.54, 1.807) is 4.90 Å². The number of hydrogen-bond donors (Lipinski definition) is 1. The summed E-state index contributed by atoms with van der Waals surface area (Å²) in [5.41, 5.74) is 3.38. The first-order valence-electron chi connectivity index (χ1n) is 8.86. The molecule has 4 heteroatoms. The second-order valence-electron chi connectivity index (χ2n) is 6.55. The van der Waals surface area contributed by atoms with E-state index in [1.165, 1.54) is 5.56 Å². The van der Waals surface area contributed by atoms with Gasteiger partial charge in [-0.25, -0.2) is 0 Å². The quantitative estimate of drug-likeness (QED) is 0.908. The Labute approximate surface area is 148 Å². The van der Waals surface area contributed by atoms with Gasteiger partial charge in [0, 0.05) is 13.0 Å². The number of piperidine rings is 1. The van der Waals surface area contributed by atoms with E-state index in [9.17, 15) is 9.59 Å². The van der Waals surface area contributed by atoms with Crippen LogP contribution in [0.1, 0.15) is 37.8 Å². The fourth-order valence-electron chi connectivity index (χ4n) is 3.17. The highest BCUT2D eigenvalue weighted by Gasteiger charge is 2.21. The van der Waals surface area contributed by atoms with Crippen LogP contribution in [-0.4, -0.2) is 29.8 Å². The SMILES string of the molecule is CC(NC(=O)CN1CCCCC1=O)c1ccc(-c2ccccc2)cc1. The third-order valence-corrected chi connectivity index (χ3v) is 4.65. The van der Waals surface area contributed by atoms with Crippen LogP contribution in [0.15, 0.2) is 54.6 Å². The van der Waals surface area contributed by atoms with Gasteiger partial charge in [0.25, 0.3) is 0 Å². The number of amides is 2. The second kappa shape index (κ2) is 7.97. The van der Waals surface area contributed by atoms with Crippen LogP contribution < -0.4 is 5.32 Å². The molecule has 25 heavy (non-hydrogen) atoms. The van der Waals surface area contributed by atoms with Crippen molar-refractivity contribution in [2.75, 3.05) is 13.1 Å². The molecule has 1 fully saturated rings. The highest BCUT2D eigenvalue weighted by molar-refractivity contribution is 5.85. The van der Waals surface area contributed by atoms with Gasteiger partial charge in [-0.05, 0) is 36.5 Å². The average molecular weight is 336 g/mol. The van der Waals surface area contributed by atoms with E-state index >= 15 is 0 Å². The zero-order valence-corrected chi connectivity index (χ0v) is 14.6. The van der Waals surface area contributed by atoms with Crippen molar-refractivity contribution in [2.24, 2.45) is 0 Å². The molecule has 1 aliphatic rings. The maximum absolute atomic E-state index is 12.2. The first-order chi connectivity index (χ1) is 12.1. The molecule has 1 unspecified atom stereocenters. The fraction of sp³-hybridized carbons (Fsp3) is 0.333. The standard InChI is InChI=1S/C21H24N2O2/c1-16(22-20(24)15-23-14-6-5-9-21(23)25)17-10-12-19(13-11-17)18-7-3-2-4-8-18/h2-4,7-8,10-13,16H,5-6,9,14-15H2,1H3,(H,22,24). The van der Waals surface area contributed by atoms with Crippen LogP contribution in [0.4, 0.5) is 0 Å². The third kappa shape index (κ3) is 4.47. The highest BCUT2D eigenvalue weighted by Crippen LogP contribution is 2.21. The van der Waals surface area contributed by atoms with Crippen LogP contribution in [0, 0.1) is 0 Å². The largest absolute Gasteiger partial charge is 0.348 e. The Kier molecular flexibility index (Phi) is 5.49. The third-order valence-electron chi connectivity index (χ3n) is 4.65. The van der Waals surface area contributed by atoms with Gasteiger partial charge in [-0.1, -0.05) is 54.6 Å². The number of benzene rings is 2. The van der Waals surface area contributed by atoms with E-state index in [4.69, 9.17) is 0 Å². The van der Waals surface area contributed by atoms with Gasteiger partial charge in [-0.3, -0.25) is 9.59 Å². The lowest BCUT2D eigenvalue weighted by Gasteiger charge is -2.26. The number of carbonyl (C=O) groups excluding carboxylic acids is 2. The van der Waals surface area contributed by atoms with Gasteiger partial charge in [0.2, 0.25) is 11.8 Å². The van der Waals surface area contributed by atoms with Crippen molar-refractivity contribution in [1.29, 1.82) is 0 Å². The smallest absolute Gasteiger partial charge is 0.240 e. The van der Waals surface area contributed by atoms with Gasteiger partial charge < -0.3 is 10.2 Å². The van der Waals surface area contributed by atoms with Crippen molar-refractivity contribution in [3.63, 3.8) is 0 Å². The molecule has 130 valence electrons. The molecule has 1 aliphatic heterocycles. The molecule has 0 spiro atoms. The first kappa shape index (κ1) is 17.2. The molecule has 0 aliphatic carbocycles. The molecule has 1 atom stereocenters. The molecule has 0 aromatic heterocycles. The molecule has 0 saturated carbocycles. The summed E-state index contributed by atoms with van der Waals surface area (Å²) in [5, 5.41) is 2.99. The van der Waals surface area contributed by atoms with Crippen LogP contribution in [0.2, 0.25) is 0 Å². The Morgan fingerprint density at radius 1 is 1.04 bits per heavy atom.